The monoisotopic (exact) mass is 446 g/mol. The summed E-state index contributed by atoms with van der Waals surface area (Å²) in [5.41, 5.74) is 3.77. The van der Waals surface area contributed by atoms with Crippen molar-refractivity contribution in [2.45, 2.75) is 6.54 Å². The first-order chi connectivity index (χ1) is 13.5. The highest BCUT2D eigenvalue weighted by Gasteiger charge is 2.11. The molecule has 140 valence electrons. The topological polar surface area (TPSA) is 17.8 Å². The third-order valence-corrected chi connectivity index (χ3v) is 5.55. The van der Waals surface area contributed by atoms with Gasteiger partial charge in [-0.3, -0.25) is 0 Å². The zero-order valence-corrected chi connectivity index (χ0v) is 17.6. The number of para-hydroxylation sites is 2. The van der Waals surface area contributed by atoms with Crippen LogP contribution < -0.4 is 0 Å². The Kier molecular flexibility index (Phi) is 5.65. The second-order valence-electron chi connectivity index (χ2n) is 6.28. The summed E-state index contributed by atoms with van der Waals surface area (Å²) in [6, 6.07) is 18.9. The molecule has 0 bridgehead atoms. The largest absolute Gasteiger partial charge is 0.320 e. The molecule has 0 spiro atoms. The minimum absolute atomic E-state index is 0.574. The van der Waals surface area contributed by atoms with E-state index < -0.39 is 0 Å². The molecule has 4 rings (SSSR count). The standard InChI is InChI=1S/C22H14Cl4N2/c23-16-8-5-14(18(25)11-16)7-10-22-27-20-3-1-2-4-21(20)28(22)13-15-6-9-17(24)12-19(15)26/h1-12H,13H2/b10-7+. The van der Waals surface area contributed by atoms with Crippen molar-refractivity contribution in [2.75, 3.05) is 0 Å². The van der Waals surface area contributed by atoms with Crippen molar-refractivity contribution >= 4 is 69.6 Å². The molecule has 0 amide bonds. The van der Waals surface area contributed by atoms with E-state index in [1.165, 1.54) is 0 Å². The van der Waals surface area contributed by atoms with E-state index in [-0.39, 0.29) is 0 Å². The van der Waals surface area contributed by atoms with Crippen molar-refractivity contribution in [2.24, 2.45) is 0 Å². The van der Waals surface area contributed by atoms with Gasteiger partial charge in [-0.2, -0.15) is 0 Å². The Morgan fingerprint density at radius 2 is 1.50 bits per heavy atom. The maximum Gasteiger partial charge on any atom is 0.134 e. The van der Waals surface area contributed by atoms with Crippen molar-refractivity contribution in [3.8, 4) is 0 Å². The first-order valence-corrected chi connectivity index (χ1v) is 10.0. The van der Waals surface area contributed by atoms with Gasteiger partial charge in [-0.25, -0.2) is 4.98 Å². The van der Waals surface area contributed by atoms with E-state index in [0.29, 0.717) is 26.6 Å². The van der Waals surface area contributed by atoms with Gasteiger partial charge < -0.3 is 4.57 Å². The van der Waals surface area contributed by atoms with Crippen LogP contribution in [0.4, 0.5) is 0 Å². The van der Waals surface area contributed by atoms with E-state index in [9.17, 15) is 0 Å². The number of hydrogen-bond donors (Lipinski definition) is 0. The second kappa shape index (κ2) is 8.18. The molecule has 4 aromatic rings. The molecule has 6 heteroatoms. The number of aromatic nitrogens is 2. The average Bonchev–Trinajstić information content (AvgIpc) is 3.01. The average molecular weight is 448 g/mol. The van der Waals surface area contributed by atoms with E-state index in [1.807, 2.05) is 60.7 Å². The van der Waals surface area contributed by atoms with Crippen LogP contribution in [0.2, 0.25) is 20.1 Å². The maximum absolute atomic E-state index is 6.39. The smallest absolute Gasteiger partial charge is 0.134 e. The number of rotatable bonds is 4. The number of benzene rings is 3. The van der Waals surface area contributed by atoms with Gasteiger partial charge in [0.05, 0.1) is 17.6 Å². The molecule has 0 atom stereocenters. The SMILES string of the molecule is Clc1ccc(/C=C/c2nc3ccccc3n2Cc2ccc(Cl)cc2Cl)c(Cl)c1. The van der Waals surface area contributed by atoms with Gasteiger partial charge in [-0.15, -0.1) is 0 Å². The molecule has 0 aliphatic rings. The van der Waals surface area contributed by atoms with E-state index >= 15 is 0 Å². The Bertz CT molecular complexity index is 1190. The lowest BCUT2D eigenvalue weighted by Gasteiger charge is -2.09. The molecule has 28 heavy (non-hydrogen) atoms. The first-order valence-electron chi connectivity index (χ1n) is 8.53. The highest BCUT2D eigenvalue weighted by molar-refractivity contribution is 6.36. The quantitative estimate of drug-likeness (QED) is 0.311. The molecule has 0 fully saturated rings. The van der Waals surface area contributed by atoms with Gasteiger partial charge in [-0.05, 0) is 59.7 Å². The minimum Gasteiger partial charge on any atom is -0.320 e. The number of hydrogen-bond acceptors (Lipinski definition) is 1. The van der Waals surface area contributed by atoms with Crippen LogP contribution in [0.5, 0.6) is 0 Å². The lowest BCUT2D eigenvalue weighted by atomic mass is 10.2. The van der Waals surface area contributed by atoms with Crippen LogP contribution in [0.25, 0.3) is 23.2 Å². The van der Waals surface area contributed by atoms with Crippen LogP contribution in [0, 0.1) is 0 Å². The summed E-state index contributed by atoms with van der Waals surface area (Å²) in [4.78, 5) is 4.76. The van der Waals surface area contributed by atoms with E-state index in [1.54, 1.807) is 12.1 Å². The number of halogens is 4. The molecule has 0 N–H and O–H groups in total. The fourth-order valence-electron chi connectivity index (χ4n) is 3.01. The lowest BCUT2D eigenvalue weighted by molar-refractivity contribution is 0.814. The number of imidazole rings is 1. The van der Waals surface area contributed by atoms with Crippen LogP contribution in [-0.4, -0.2) is 9.55 Å². The minimum atomic E-state index is 0.574. The fraction of sp³-hybridized carbons (Fsp3) is 0.0455. The third-order valence-electron chi connectivity index (χ3n) is 4.40. The summed E-state index contributed by atoms with van der Waals surface area (Å²) in [5, 5.41) is 2.43. The fourth-order valence-corrected chi connectivity index (χ4v) is 3.95. The van der Waals surface area contributed by atoms with E-state index in [2.05, 4.69) is 4.57 Å². The highest BCUT2D eigenvalue weighted by atomic mass is 35.5. The highest BCUT2D eigenvalue weighted by Crippen LogP contribution is 2.26. The van der Waals surface area contributed by atoms with E-state index in [4.69, 9.17) is 51.4 Å². The van der Waals surface area contributed by atoms with Crippen LogP contribution >= 0.6 is 46.4 Å². The van der Waals surface area contributed by atoms with E-state index in [0.717, 1.165) is 28.0 Å². The zero-order chi connectivity index (χ0) is 19.7. The summed E-state index contributed by atoms with van der Waals surface area (Å²) in [6.45, 7) is 0.574. The number of nitrogens with zero attached hydrogens (tertiary/aromatic N) is 2. The zero-order valence-electron chi connectivity index (χ0n) is 14.5. The normalized spacial score (nSPS) is 11.6. The molecule has 0 aliphatic carbocycles. The summed E-state index contributed by atoms with van der Waals surface area (Å²) in [7, 11) is 0. The Hall–Kier alpha value is -1.97. The second-order valence-corrected chi connectivity index (χ2v) is 7.97. The predicted molar refractivity (Wildman–Crippen MR) is 121 cm³/mol. The molecular weight excluding hydrogens is 434 g/mol. The van der Waals surface area contributed by atoms with Crippen LogP contribution in [0.3, 0.4) is 0 Å². The van der Waals surface area contributed by atoms with Gasteiger partial charge in [-0.1, -0.05) is 70.7 Å². The molecule has 0 saturated heterocycles. The van der Waals surface area contributed by atoms with Gasteiger partial charge in [0.2, 0.25) is 0 Å². The van der Waals surface area contributed by atoms with Crippen LogP contribution in [0.1, 0.15) is 17.0 Å². The predicted octanol–water partition coefficient (Wildman–Crippen LogP) is 7.87. The van der Waals surface area contributed by atoms with Gasteiger partial charge in [0.15, 0.2) is 0 Å². The molecule has 0 unspecified atom stereocenters. The lowest BCUT2D eigenvalue weighted by Crippen LogP contribution is -2.02. The molecule has 2 nitrogen and oxygen atoms in total. The van der Waals surface area contributed by atoms with Crippen molar-refractivity contribution in [3.63, 3.8) is 0 Å². The summed E-state index contributed by atoms with van der Waals surface area (Å²) >= 11 is 24.7. The summed E-state index contributed by atoms with van der Waals surface area (Å²) in [6.07, 6.45) is 3.87. The van der Waals surface area contributed by atoms with Gasteiger partial charge in [0.1, 0.15) is 5.82 Å². The molecule has 3 aromatic carbocycles. The summed E-state index contributed by atoms with van der Waals surface area (Å²) < 4.78 is 2.12. The molecule has 0 radical (unpaired) electrons. The van der Waals surface area contributed by atoms with Gasteiger partial charge in [0, 0.05) is 20.1 Å². The van der Waals surface area contributed by atoms with Crippen molar-refractivity contribution < 1.29 is 0 Å². The molecule has 0 aliphatic heterocycles. The van der Waals surface area contributed by atoms with Crippen LogP contribution in [0.15, 0.2) is 60.7 Å². The maximum atomic E-state index is 6.39. The molecule has 0 saturated carbocycles. The van der Waals surface area contributed by atoms with Gasteiger partial charge in [0.25, 0.3) is 0 Å². The molecule has 1 aromatic heterocycles. The summed E-state index contributed by atoms with van der Waals surface area (Å²) in [5.74, 6) is 0.804. The van der Waals surface area contributed by atoms with Gasteiger partial charge >= 0.3 is 0 Å². The molecular formula is C22H14Cl4N2. The van der Waals surface area contributed by atoms with Crippen molar-refractivity contribution in [3.05, 3.63) is 97.7 Å². The van der Waals surface area contributed by atoms with Crippen molar-refractivity contribution in [1.82, 2.24) is 9.55 Å². The Labute approximate surface area is 182 Å². The molecule has 1 heterocycles. The third kappa shape index (κ3) is 4.06. The first kappa shape index (κ1) is 19.4. The van der Waals surface area contributed by atoms with Crippen LogP contribution in [-0.2, 0) is 6.54 Å². The Morgan fingerprint density at radius 1 is 0.786 bits per heavy atom. The number of fused-ring (bicyclic) bond motifs is 1. The Balaban J connectivity index is 1.77. The Morgan fingerprint density at radius 3 is 2.25 bits per heavy atom. The van der Waals surface area contributed by atoms with Crippen molar-refractivity contribution in [1.29, 1.82) is 0 Å².